The van der Waals surface area contributed by atoms with E-state index in [1.807, 2.05) is 7.11 Å². The molecule has 0 heterocycles. The van der Waals surface area contributed by atoms with Gasteiger partial charge in [-0.3, -0.25) is 0 Å². The van der Waals surface area contributed by atoms with Crippen molar-refractivity contribution in [1.29, 1.82) is 0 Å². The molecule has 0 aromatic rings. The molecule has 20 heavy (non-hydrogen) atoms. The van der Waals surface area contributed by atoms with E-state index in [0.29, 0.717) is 22.3 Å². The van der Waals surface area contributed by atoms with E-state index < -0.39 is 0 Å². The summed E-state index contributed by atoms with van der Waals surface area (Å²) in [4.78, 5) is 0. The average Bonchev–Trinajstić information content (AvgIpc) is 2.29. The minimum atomic E-state index is 0.575. The Bertz CT molecular complexity index is 348. The molecule has 116 valence electrons. The quantitative estimate of drug-likeness (QED) is 0.742. The molecule has 0 saturated heterocycles. The summed E-state index contributed by atoms with van der Waals surface area (Å²) >= 11 is 0. The molecule has 0 aromatic heterocycles. The van der Waals surface area contributed by atoms with Gasteiger partial charge in [-0.05, 0) is 80.6 Å². The lowest BCUT2D eigenvalue weighted by Crippen LogP contribution is -2.61. The van der Waals surface area contributed by atoms with Crippen LogP contribution in [0.3, 0.4) is 0 Å². The highest BCUT2D eigenvalue weighted by atomic mass is 16.5. The first-order valence-electron chi connectivity index (χ1n) is 8.59. The zero-order valence-corrected chi connectivity index (χ0v) is 13.9. The summed E-state index contributed by atoms with van der Waals surface area (Å²) in [7, 11) is 4.00. The van der Waals surface area contributed by atoms with E-state index >= 15 is 0 Å². The van der Waals surface area contributed by atoms with Crippen molar-refractivity contribution in [2.24, 2.45) is 22.2 Å². The predicted octanol–water partition coefficient (Wildman–Crippen LogP) is 4.00. The molecule has 0 spiro atoms. The Kier molecular flexibility index (Phi) is 3.70. The first-order valence-corrected chi connectivity index (χ1v) is 8.59. The highest BCUT2D eigenvalue weighted by Crippen LogP contribution is 2.70. The Morgan fingerprint density at radius 1 is 1.10 bits per heavy atom. The molecule has 4 bridgehead atoms. The molecule has 4 rings (SSSR count). The van der Waals surface area contributed by atoms with Crippen LogP contribution >= 0.6 is 0 Å². The van der Waals surface area contributed by atoms with Gasteiger partial charge < -0.3 is 10.1 Å². The largest absolute Gasteiger partial charge is 0.385 e. The molecule has 1 N–H and O–H groups in total. The molecule has 0 radical (unpaired) electrons. The van der Waals surface area contributed by atoms with Gasteiger partial charge in [-0.25, -0.2) is 0 Å². The second-order valence-corrected chi connectivity index (χ2v) is 8.97. The minimum Gasteiger partial charge on any atom is -0.385 e. The molecule has 4 aliphatic rings. The van der Waals surface area contributed by atoms with Crippen molar-refractivity contribution in [2.45, 2.75) is 71.3 Å². The monoisotopic (exact) mass is 279 g/mol. The van der Waals surface area contributed by atoms with Crippen LogP contribution in [0.25, 0.3) is 0 Å². The normalized spacial score (nSPS) is 47.7. The molecule has 3 unspecified atom stereocenters. The summed E-state index contributed by atoms with van der Waals surface area (Å²) < 4.78 is 5.27. The van der Waals surface area contributed by atoms with Gasteiger partial charge in [-0.15, -0.1) is 0 Å². The van der Waals surface area contributed by atoms with Crippen molar-refractivity contribution in [3.8, 4) is 0 Å². The van der Waals surface area contributed by atoms with Gasteiger partial charge in [0.1, 0.15) is 0 Å². The summed E-state index contributed by atoms with van der Waals surface area (Å²) in [6.07, 6.45) is 11.4. The molecule has 2 heteroatoms. The van der Waals surface area contributed by atoms with E-state index in [4.69, 9.17) is 4.74 Å². The first-order chi connectivity index (χ1) is 9.43. The zero-order chi connectivity index (χ0) is 14.4. The number of rotatable bonds is 6. The van der Waals surface area contributed by atoms with Gasteiger partial charge in [0.15, 0.2) is 0 Å². The fourth-order valence-electron chi connectivity index (χ4n) is 7.11. The van der Waals surface area contributed by atoms with Crippen LogP contribution in [0.2, 0.25) is 0 Å². The fourth-order valence-corrected chi connectivity index (χ4v) is 7.11. The van der Waals surface area contributed by atoms with Crippen molar-refractivity contribution in [2.75, 3.05) is 20.8 Å². The van der Waals surface area contributed by atoms with Crippen LogP contribution in [0.15, 0.2) is 0 Å². The van der Waals surface area contributed by atoms with Crippen molar-refractivity contribution >= 4 is 0 Å². The van der Waals surface area contributed by atoms with Gasteiger partial charge in [0, 0.05) is 19.8 Å². The van der Waals surface area contributed by atoms with E-state index in [0.717, 1.165) is 12.5 Å². The lowest BCUT2D eigenvalue weighted by Gasteiger charge is -2.67. The maximum absolute atomic E-state index is 5.27. The number of hydrogen-bond acceptors (Lipinski definition) is 2. The Morgan fingerprint density at radius 2 is 1.75 bits per heavy atom. The Hall–Kier alpha value is -0.0800. The molecule has 4 fully saturated rings. The molecule has 2 nitrogen and oxygen atoms in total. The summed E-state index contributed by atoms with van der Waals surface area (Å²) in [6.45, 7) is 6.06. The molecular weight excluding hydrogens is 246 g/mol. The van der Waals surface area contributed by atoms with Gasteiger partial charge in [0.25, 0.3) is 0 Å². The fraction of sp³-hybridized carbons (Fsp3) is 1.00. The van der Waals surface area contributed by atoms with E-state index in [9.17, 15) is 0 Å². The highest BCUT2D eigenvalue weighted by Gasteiger charge is 2.61. The van der Waals surface area contributed by atoms with Crippen LogP contribution in [-0.2, 0) is 4.74 Å². The Morgan fingerprint density at radius 3 is 2.25 bits per heavy atom. The summed E-state index contributed by atoms with van der Waals surface area (Å²) in [5, 5.41) is 3.70. The smallest absolute Gasteiger partial charge is 0.0462 e. The number of hydrogen-bond donors (Lipinski definition) is 1. The second-order valence-electron chi connectivity index (χ2n) is 8.97. The standard InChI is InChI=1S/C18H33NO/c1-16-8-14-9-17(2,11-16)13-18(10-14,12-16)15(19-3)6-5-7-20-4/h14-15,19H,5-13H2,1-4H3. The topological polar surface area (TPSA) is 21.3 Å². The lowest BCUT2D eigenvalue weighted by atomic mass is 9.39. The predicted molar refractivity (Wildman–Crippen MR) is 83.8 cm³/mol. The van der Waals surface area contributed by atoms with E-state index in [-0.39, 0.29) is 0 Å². The molecule has 4 aliphatic carbocycles. The first kappa shape index (κ1) is 14.8. The summed E-state index contributed by atoms with van der Waals surface area (Å²) in [5.41, 5.74) is 1.83. The van der Waals surface area contributed by atoms with Crippen LogP contribution < -0.4 is 5.32 Å². The second kappa shape index (κ2) is 4.98. The molecular formula is C18H33NO. The molecule has 3 atom stereocenters. The SMILES string of the molecule is CNC(CCCOC)C12CC3CC(C)(CC(C)(C3)C1)C2. The summed E-state index contributed by atoms with van der Waals surface area (Å²) in [6, 6.07) is 0.694. The number of ether oxygens (including phenoxy) is 1. The van der Waals surface area contributed by atoms with E-state index in [2.05, 4.69) is 26.2 Å². The van der Waals surface area contributed by atoms with Crippen LogP contribution in [0, 0.1) is 22.2 Å². The van der Waals surface area contributed by atoms with Gasteiger partial charge in [-0.1, -0.05) is 13.8 Å². The van der Waals surface area contributed by atoms with Crippen molar-refractivity contribution in [3.05, 3.63) is 0 Å². The highest BCUT2D eigenvalue weighted by molar-refractivity contribution is 5.13. The van der Waals surface area contributed by atoms with Crippen LogP contribution in [0.5, 0.6) is 0 Å². The van der Waals surface area contributed by atoms with Crippen molar-refractivity contribution < 1.29 is 4.74 Å². The Balaban J connectivity index is 1.80. The van der Waals surface area contributed by atoms with Gasteiger partial charge in [0.05, 0.1) is 0 Å². The lowest BCUT2D eigenvalue weighted by molar-refractivity contribution is -0.158. The van der Waals surface area contributed by atoms with Crippen LogP contribution in [-0.4, -0.2) is 26.8 Å². The third kappa shape index (κ3) is 2.43. The molecule has 0 aromatic carbocycles. The van der Waals surface area contributed by atoms with Crippen molar-refractivity contribution in [3.63, 3.8) is 0 Å². The number of methoxy groups -OCH3 is 1. The van der Waals surface area contributed by atoms with Gasteiger partial charge in [0.2, 0.25) is 0 Å². The van der Waals surface area contributed by atoms with Gasteiger partial charge >= 0.3 is 0 Å². The average molecular weight is 279 g/mol. The molecule has 0 amide bonds. The zero-order valence-electron chi connectivity index (χ0n) is 13.9. The summed E-state index contributed by atoms with van der Waals surface area (Å²) in [5.74, 6) is 1.000. The van der Waals surface area contributed by atoms with E-state index in [1.54, 1.807) is 0 Å². The Labute approximate surface area is 125 Å². The molecule has 0 aliphatic heterocycles. The maximum atomic E-state index is 5.27. The maximum Gasteiger partial charge on any atom is 0.0462 e. The van der Waals surface area contributed by atoms with Gasteiger partial charge in [-0.2, -0.15) is 0 Å². The van der Waals surface area contributed by atoms with Crippen LogP contribution in [0.1, 0.15) is 65.2 Å². The van der Waals surface area contributed by atoms with E-state index in [1.165, 1.54) is 51.4 Å². The number of nitrogens with one attached hydrogen (secondary N) is 1. The minimum absolute atomic E-state index is 0.575. The molecule has 4 saturated carbocycles. The van der Waals surface area contributed by atoms with Crippen LogP contribution in [0.4, 0.5) is 0 Å². The third-order valence-corrected chi connectivity index (χ3v) is 6.60. The van der Waals surface area contributed by atoms with Crippen molar-refractivity contribution in [1.82, 2.24) is 5.32 Å². The third-order valence-electron chi connectivity index (χ3n) is 6.60.